The molecule has 0 amide bonds. The van der Waals surface area contributed by atoms with Gasteiger partial charge in [-0.2, -0.15) is 5.26 Å². The molecule has 0 spiro atoms. The fourth-order valence-electron chi connectivity index (χ4n) is 2.68. The Morgan fingerprint density at radius 3 is 2.17 bits per heavy atom. The molecule has 0 heterocycles. The van der Waals surface area contributed by atoms with E-state index in [1.165, 1.54) is 0 Å². The van der Waals surface area contributed by atoms with Crippen LogP contribution >= 0.6 is 0 Å². The lowest BCUT2D eigenvalue weighted by atomic mass is 9.69. The largest absolute Gasteiger partial charge is 0.387 e. The second kappa shape index (κ2) is 5.03. The Labute approximate surface area is 105 Å². The number of hydrogen-bond acceptors (Lipinski definition) is 2. The van der Waals surface area contributed by atoms with Gasteiger partial charge in [-0.25, -0.2) is 8.78 Å². The van der Waals surface area contributed by atoms with Crippen LogP contribution in [-0.4, -0.2) is 5.11 Å². The van der Waals surface area contributed by atoms with Crippen molar-refractivity contribution in [2.45, 2.75) is 38.2 Å². The highest BCUT2D eigenvalue weighted by Crippen LogP contribution is 2.45. The summed E-state index contributed by atoms with van der Waals surface area (Å²) in [6.07, 6.45) is 2.78. The van der Waals surface area contributed by atoms with Gasteiger partial charge in [0.05, 0.1) is 17.6 Å². The van der Waals surface area contributed by atoms with Crippen LogP contribution in [0.1, 0.15) is 43.8 Å². The molecule has 2 nitrogen and oxygen atoms in total. The van der Waals surface area contributed by atoms with Gasteiger partial charge in [-0.1, -0.05) is 19.3 Å². The van der Waals surface area contributed by atoms with Crippen molar-refractivity contribution < 1.29 is 13.9 Å². The number of halogens is 2. The highest BCUT2D eigenvalue weighted by molar-refractivity contribution is 5.25. The normalized spacial score (nSPS) is 20.1. The standard InChI is InChI=1S/C14H15F2NO/c15-11-6-10(7-12(16)8-11)13(18)14(9-17)4-2-1-3-5-14/h6-8,13,18H,1-5H2. The molecule has 2 rings (SSSR count). The number of nitriles is 1. The van der Waals surface area contributed by atoms with Crippen LogP contribution in [0.4, 0.5) is 8.78 Å². The van der Waals surface area contributed by atoms with Crippen LogP contribution in [0.15, 0.2) is 18.2 Å². The molecular formula is C14H15F2NO. The molecule has 0 radical (unpaired) electrons. The van der Waals surface area contributed by atoms with Gasteiger partial charge < -0.3 is 5.11 Å². The van der Waals surface area contributed by atoms with Crippen molar-refractivity contribution in [2.24, 2.45) is 5.41 Å². The molecule has 18 heavy (non-hydrogen) atoms. The summed E-state index contributed by atoms with van der Waals surface area (Å²) in [6, 6.07) is 5.12. The maximum absolute atomic E-state index is 13.2. The minimum Gasteiger partial charge on any atom is -0.387 e. The van der Waals surface area contributed by atoms with Crippen LogP contribution in [0.2, 0.25) is 0 Å². The van der Waals surface area contributed by atoms with Crippen molar-refractivity contribution in [1.82, 2.24) is 0 Å². The van der Waals surface area contributed by atoms with Crippen molar-refractivity contribution in [2.75, 3.05) is 0 Å². The van der Waals surface area contributed by atoms with E-state index in [1.54, 1.807) is 0 Å². The number of aliphatic hydroxyl groups is 1. The third-order valence-electron chi connectivity index (χ3n) is 3.69. The lowest BCUT2D eigenvalue weighted by molar-refractivity contribution is 0.0355. The summed E-state index contributed by atoms with van der Waals surface area (Å²) >= 11 is 0. The average molecular weight is 251 g/mol. The Hall–Kier alpha value is -1.47. The highest BCUT2D eigenvalue weighted by Gasteiger charge is 2.40. The van der Waals surface area contributed by atoms with Gasteiger partial charge in [0.1, 0.15) is 11.6 Å². The molecule has 1 fully saturated rings. The van der Waals surface area contributed by atoms with E-state index in [9.17, 15) is 19.1 Å². The van der Waals surface area contributed by atoms with Crippen LogP contribution in [0.25, 0.3) is 0 Å². The summed E-state index contributed by atoms with van der Waals surface area (Å²) in [4.78, 5) is 0. The van der Waals surface area contributed by atoms with Crippen LogP contribution in [0, 0.1) is 28.4 Å². The Kier molecular flexibility index (Phi) is 3.63. The van der Waals surface area contributed by atoms with Gasteiger partial charge in [-0.05, 0) is 30.5 Å². The van der Waals surface area contributed by atoms with E-state index in [4.69, 9.17) is 0 Å². The third-order valence-corrected chi connectivity index (χ3v) is 3.69. The van der Waals surface area contributed by atoms with Crippen molar-refractivity contribution in [3.63, 3.8) is 0 Å². The minimum atomic E-state index is -1.13. The maximum atomic E-state index is 13.2. The number of aliphatic hydroxyl groups excluding tert-OH is 1. The Bertz CT molecular complexity index is 455. The minimum absolute atomic E-state index is 0.149. The van der Waals surface area contributed by atoms with Crippen molar-refractivity contribution in [1.29, 1.82) is 5.26 Å². The quantitative estimate of drug-likeness (QED) is 0.874. The molecule has 1 unspecified atom stereocenters. The molecule has 1 saturated carbocycles. The molecular weight excluding hydrogens is 236 g/mol. The Morgan fingerprint density at radius 1 is 1.11 bits per heavy atom. The van der Waals surface area contributed by atoms with E-state index in [2.05, 4.69) is 6.07 Å². The first-order valence-electron chi connectivity index (χ1n) is 6.13. The fourth-order valence-corrected chi connectivity index (χ4v) is 2.68. The van der Waals surface area contributed by atoms with Gasteiger partial charge in [0.2, 0.25) is 0 Å². The number of nitrogens with zero attached hydrogens (tertiary/aromatic N) is 1. The number of hydrogen-bond donors (Lipinski definition) is 1. The number of benzene rings is 1. The first kappa shape index (κ1) is 13.0. The van der Waals surface area contributed by atoms with Crippen molar-refractivity contribution >= 4 is 0 Å². The Morgan fingerprint density at radius 2 is 1.67 bits per heavy atom. The molecule has 0 aliphatic heterocycles. The molecule has 1 aliphatic rings. The van der Waals surface area contributed by atoms with Gasteiger partial charge in [-0.15, -0.1) is 0 Å². The molecule has 1 aromatic rings. The van der Waals surface area contributed by atoms with E-state index < -0.39 is 23.2 Å². The lowest BCUT2D eigenvalue weighted by Gasteiger charge is -2.35. The predicted octanol–water partition coefficient (Wildman–Crippen LogP) is 3.47. The van der Waals surface area contributed by atoms with Gasteiger partial charge in [0.15, 0.2) is 0 Å². The van der Waals surface area contributed by atoms with Gasteiger partial charge in [0.25, 0.3) is 0 Å². The molecule has 1 atom stereocenters. The molecule has 1 aliphatic carbocycles. The topological polar surface area (TPSA) is 44.0 Å². The Balaban J connectivity index is 2.34. The smallest absolute Gasteiger partial charge is 0.126 e. The second-order valence-electron chi connectivity index (χ2n) is 4.93. The molecule has 0 aromatic heterocycles. The SMILES string of the molecule is N#CC1(C(O)c2cc(F)cc(F)c2)CCCCC1. The van der Waals surface area contributed by atoms with E-state index in [0.29, 0.717) is 12.8 Å². The van der Waals surface area contributed by atoms with E-state index in [1.807, 2.05) is 0 Å². The second-order valence-corrected chi connectivity index (χ2v) is 4.93. The van der Waals surface area contributed by atoms with Crippen molar-refractivity contribution in [3.8, 4) is 6.07 Å². The molecule has 4 heteroatoms. The molecule has 96 valence electrons. The van der Waals surface area contributed by atoms with Crippen LogP contribution < -0.4 is 0 Å². The monoisotopic (exact) mass is 251 g/mol. The summed E-state index contributed by atoms with van der Waals surface area (Å²) < 4.78 is 26.3. The summed E-state index contributed by atoms with van der Waals surface area (Å²) in [5, 5.41) is 19.6. The van der Waals surface area contributed by atoms with E-state index in [-0.39, 0.29) is 5.56 Å². The summed E-state index contributed by atoms with van der Waals surface area (Å²) in [5.41, 5.74) is -0.755. The summed E-state index contributed by atoms with van der Waals surface area (Å²) in [7, 11) is 0. The number of rotatable bonds is 2. The van der Waals surface area contributed by atoms with E-state index in [0.717, 1.165) is 37.5 Å². The zero-order chi connectivity index (χ0) is 13.2. The van der Waals surface area contributed by atoms with Gasteiger partial charge in [0, 0.05) is 6.07 Å². The first-order chi connectivity index (χ1) is 8.57. The van der Waals surface area contributed by atoms with Gasteiger partial charge in [-0.3, -0.25) is 0 Å². The molecule has 0 bridgehead atoms. The summed E-state index contributed by atoms with van der Waals surface area (Å²) in [6.45, 7) is 0. The van der Waals surface area contributed by atoms with Crippen LogP contribution in [-0.2, 0) is 0 Å². The average Bonchev–Trinajstić information content (AvgIpc) is 2.37. The summed E-state index contributed by atoms with van der Waals surface area (Å²) in [5.74, 6) is -1.46. The zero-order valence-corrected chi connectivity index (χ0v) is 10.00. The molecule has 1 aromatic carbocycles. The molecule has 0 saturated heterocycles. The van der Waals surface area contributed by atoms with Crippen LogP contribution in [0.3, 0.4) is 0 Å². The molecule has 1 N–H and O–H groups in total. The van der Waals surface area contributed by atoms with Crippen LogP contribution in [0.5, 0.6) is 0 Å². The first-order valence-corrected chi connectivity index (χ1v) is 6.13. The fraction of sp³-hybridized carbons (Fsp3) is 0.500. The lowest BCUT2D eigenvalue weighted by Crippen LogP contribution is -2.30. The van der Waals surface area contributed by atoms with Crippen molar-refractivity contribution in [3.05, 3.63) is 35.4 Å². The highest BCUT2D eigenvalue weighted by atomic mass is 19.1. The van der Waals surface area contributed by atoms with E-state index >= 15 is 0 Å². The maximum Gasteiger partial charge on any atom is 0.126 e. The third kappa shape index (κ3) is 2.37. The predicted molar refractivity (Wildman–Crippen MR) is 62.4 cm³/mol. The zero-order valence-electron chi connectivity index (χ0n) is 10.00. The van der Waals surface area contributed by atoms with Gasteiger partial charge >= 0.3 is 0 Å².